The lowest BCUT2D eigenvalue weighted by molar-refractivity contribution is -0.388. The molecule has 0 saturated heterocycles. The predicted molar refractivity (Wildman–Crippen MR) is 122 cm³/mol. The number of rotatable bonds is 8. The number of nitrogens with one attached hydrogen (secondary N) is 1. The van der Waals surface area contributed by atoms with E-state index in [2.05, 4.69) is 20.4 Å². The molecule has 0 radical (unpaired) electrons. The minimum atomic E-state index is -0.628. The van der Waals surface area contributed by atoms with Gasteiger partial charge in [-0.15, -0.1) is 5.10 Å². The maximum Gasteiger partial charge on any atom is 0.388 e. The van der Waals surface area contributed by atoms with Gasteiger partial charge >= 0.3 is 5.82 Å². The van der Waals surface area contributed by atoms with Gasteiger partial charge in [0.15, 0.2) is 23.3 Å². The van der Waals surface area contributed by atoms with E-state index in [0.717, 1.165) is 11.3 Å². The number of ether oxygens (including phenoxy) is 3. The topological polar surface area (TPSA) is 126 Å². The molecule has 33 heavy (non-hydrogen) atoms. The Morgan fingerprint density at radius 1 is 1.12 bits per heavy atom. The molecule has 11 nitrogen and oxygen atoms in total. The average Bonchev–Trinajstić information content (AvgIpc) is 3.17. The van der Waals surface area contributed by atoms with Crippen LogP contribution in [0.15, 0.2) is 42.7 Å². The third-order valence-corrected chi connectivity index (χ3v) is 5.20. The maximum atomic E-state index is 11.1. The summed E-state index contributed by atoms with van der Waals surface area (Å²) in [4.78, 5) is 18.8. The summed E-state index contributed by atoms with van der Waals surface area (Å²) in [5.41, 5.74) is 1.66. The summed E-state index contributed by atoms with van der Waals surface area (Å²) in [5, 5.41) is 19.0. The molecule has 0 unspecified atom stereocenters. The fraction of sp³-hybridized carbons (Fsp3) is 0.190. The third kappa shape index (κ3) is 4.30. The largest absolute Gasteiger partial charge is 0.497 e. The molecule has 3 aromatic heterocycles. The number of hydrogen-bond donors (Lipinski definition) is 1. The highest BCUT2D eigenvalue weighted by Crippen LogP contribution is 2.39. The molecule has 0 amide bonds. The van der Waals surface area contributed by atoms with Crippen LogP contribution in [-0.4, -0.2) is 45.9 Å². The highest BCUT2D eigenvalue weighted by molar-refractivity contribution is 6.35. The number of hydrogen-bond acceptors (Lipinski definition) is 9. The van der Waals surface area contributed by atoms with Crippen molar-refractivity contribution in [2.24, 2.45) is 0 Å². The van der Waals surface area contributed by atoms with E-state index >= 15 is 0 Å². The highest BCUT2D eigenvalue weighted by Gasteiger charge is 2.23. The Labute approximate surface area is 193 Å². The Morgan fingerprint density at radius 2 is 1.88 bits per heavy atom. The first-order chi connectivity index (χ1) is 15.9. The minimum Gasteiger partial charge on any atom is -0.497 e. The van der Waals surface area contributed by atoms with E-state index in [1.54, 1.807) is 17.9 Å². The number of halogens is 1. The van der Waals surface area contributed by atoms with Crippen molar-refractivity contribution in [3.63, 3.8) is 0 Å². The SMILES string of the molecule is CNc1c([N+](=O)[O-])ncc(Oc2cnc3c(c2)c(OC)nn3Cc2ccc(OC)cc2)c1Cl. The van der Waals surface area contributed by atoms with Crippen LogP contribution >= 0.6 is 11.6 Å². The zero-order valence-electron chi connectivity index (χ0n) is 17.9. The third-order valence-electron chi connectivity index (χ3n) is 4.83. The van der Waals surface area contributed by atoms with E-state index in [1.807, 2.05) is 24.3 Å². The van der Waals surface area contributed by atoms with E-state index in [1.165, 1.54) is 26.6 Å². The first kappa shape index (κ1) is 22.1. The number of nitro groups is 1. The molecule has 0 aliphatic carbocycles. The van der Waals surface area contributed by atoms with E-state index in [4.69, 9.17) is 25.8 Å². The van der Waals surface area contributed by atoms with Gasteiger partial charge in [0, 0.05) is 7.05 Å². The number of methoxy groups -OCH3 is 2. The van der Waals surface area contributed by atoms with Gasteiger partial charge in [0.05, 0.1) is 32.3 Å². The summed E-state index contributed by atoms with van der Waals surface area (Å²) in [6.07, 6.45) is 2.70. The average molecular weight is 471 g/mol. The summed E-state index contributed by atoms with van der Waals surface area (Å²) in [7, 11) is 4.64. The molecular weight excluding hydrogens is 452 g/mol. The number of nitrogens with zero attached hydrogens (tertiary/aromatic N) is 5. The van der Waals surface area contributed by atoms with Crippen molar-refractivity contribution < 1.29 is 19.1 Å². The fourth-order valence-electron chi connectivity index (χ4n) is 3.25. The lowest BCUT2D eigenvalue weighted by Gasteiger charge is -2.09. The number of pyridine rings is 2. The number of anilines is 1. The van der Waals surface area contributed by atoms with E-state index < -0.39 is 10.7 Å². The van der Waals surface area contributed by atoms with Gasteiger partial charge in [-0.25, -0.2) is 9.67 Å². The summed E-state index contributed by atoms with van der Waals surface area (Å²) in [6.45, 7) is 0.473. The molecule has 0 bridgehead atoms. The van der Waals surface area contributed by atoms with Crippen LogP contribution in [0.25, 0.3) is 11.0 Å². The molecule has 4 rings (SSSR count). The van der Waals surface area contributed by atoms with Crippen molar-refractivity contribution in [3.8, 4) is 23.1 Å². The molecule has 0 saturated carbocycles. The number of aromatic nitrogens is 4. The fourth-order valence-corrected chi connectivity index (χ4v) is 3.52. The molecular formula is C21H19ClN6O5. The summed E-state index contributed by atoms with van der Waals surface area (Å²) < 4.78 is 18.2. The highest BCUT2D eigenvalue weighted by atomic mass is 35.5. The molecule has 0 aliphatic heterocycles. The molecule has 4 aromatic rings. The van der Waals surface area contributed by atoms with Crippen LogP contribution in [0.1, 0.15) is 5.56 Å². The van der Waals surface area contributed by atoms with Gasteiger partial charge in [0.1, 0.15) is 16.5 Å². The van der Waals surface area contributed by atoms with Crippen LogP contribution in [0.3, 0.4) is 0 Å². The summed E-state index contributed by atoms with van der Waals surface area (Å²) >= 11 is 6.30. The van der Waals surface area contributed by atoms with Crippen molar-refractivity contribution in [1.82, 2.24) is 19.7 Å². The molecule has 0 fully saturated rings. The standard InChI is InChI=1S/C21H19ClN6O5/c1-23-18-17(22)16(10-25-20(18)28(29)30)33-14-8-15-19(24-9-14)27(26-21(15)32-3)11-12-4-6-13(31-2)7-5-12/h4-10,23H,11H2,1-3H3. The Bertz CT molecular complexity index is 1330. The molecule has 1 N–H and O–H groups in total. The van der Waals surface area contributed by atoms with E-state index in [0.29, 0.717) is 29.2 Å². The van der Waals surface area contributed by atoms with Crippen LogP contribution in [0, 0.1) is 10.1 Å². The lowest BCUT2D eigenvalue weighted by Crippen LogP contribution is -2.03. The monoisotopic (exact) mass is 470 g/mol. The van der Waals surface area contributed by atoms with Crippen molar-refractivity contribution in [2.75, 3.05) is 26.6 Å². The van der Waals surface area contributed by atoms with Gasteiger partial charge in [-0.1, -0.05) is 23.7 Å². The molecule has 0 atom stereocenters. The van der Waals surface area contributed by atoms with Gasteiger partial charge in [-0.2, -0.15) is 0 Å². The van der Waals surface area contributed by atoms with Crippen molar-refractivity contribution in [1.29, 1.82) is 0 Å². The molecule has 1 aromatic carbocycles. The van der Waals surface area contributed by atoms with E-state index in [9.17, 15) is 10.1 Å². The Balaban J connectivity index is 1.66. The van der Waals surface area contributed by atoms with Crippen LogP contribution in [0.5, 0.6) is 23.1 Å². The second-order valence-electron chi connectivity index (χ2n) is 6.80. The number of fused-ring (bicyclic) bond motifs is 1. The normalized spacial score (nSPS) is 10.8. The molecule has 3 heterocycles. The molecule has 0 aliphatic rings. The van der Waals surface area contributed by atoms with E-state index in [-0.39, 0.29) is 16.5 Å². The smallest absolute Gasteiger partial charge is 0.388 e. The molecule has 0 spiro atoms. The maximum absolute atomic E-state index is 11.1. The zero-order valence-corrected chi connectivity index (χ0v) is 18.7. The van der Waals surface area contributed by atoms with Gasteiger partial charge in [-0.05, 0) is 33.7 Å². The number of benzene rings is 1. The lowest BCUT2D eigenvalue weighted by atomic mass is 10.2. The second kappa shape index (κ2) is 9.17. The first-order valence-electron chi connectivity index (χ1n) is 9.67. The van der Waals surface area contributed by atoms with Gasteiger partial charge in [0.2, 0.25) is 5.88 Å². The molecule has 12 heteroatoms. The first-order valence-corrected chi connectivity index (χ1v) is 10.0. The van der Waals surface area contributed by atoms with Gasteiger partial charge in [0.25, 0.3) is 0 Å². The Morgan fingerprint density at radius 3 is 2.52 bits per heavy atom. The van der Waals surface area contributed by atoms with Crippen LogP contribution in [0.4, 0.5) is 11.5 Å². The van der Waals surface area contributed by atoms with Gasteiger partial charge in [-0.3, -0.25) is 0 Å². The van der Waals surface area contributed by atoms with Gasteiger partial charge < -0.3 is 29.6 Å². The second-order valence-corrected chi connectivity index (χ2v) is 7.18. The van der Waals surface area contributed by atoms with Crippen LogP contribution in [-0.2, 0) is 6.54 Å². The summed E-state index contributed by atoms with van der Waals surface area (Å²) in [6, 6.07) is 9.34. The molecule has 170 valence electrons. The van der Waals surface area contributed by atoms with Crippen molar-refractivity contribution >= 4 is 34.1 Å². The van der Waals surface area contributed by atoms with Crippen LogP contribution < -0.4 is 19.5 Å². The quantitative estimate of drug-likeness (QED) is 0.296. The Hall–Kier alpha value is -4.12. The van der Waals surface area contributed by atoms with Crippen LogP contribution in [0.2, 0.25) is 5.02 Å². The summed E-state index contributed by atoms with van der Waals surface area (Å²) in [5.74, 6) is 1.22. The van der Waals surface area contributed by atoms with Crippen molar-refractivity contribution in [3.05, 3.63) is 63.4 Å². The van der Waals surface area contributed by atoms with Crippen molar-refractivity contribution in [2.45, 2.75) is 6.54 Å². The predicted octanol–water partition coefficient (Wildman–Crippen LogP) is 4.29. The Kier molecular flexibility index (Phi) is 6.13. The minimum absolute atomic E-state index is 0.0291. The zero-order chi connectivity index (χ0) is 23.5.